The Labute approximate surface area is 114 Å². The van der Waals surface area contributed by atoms with Crippen LogP contribution in [0.4, 0.5) is 11.8 Å². The summed E-state index contributed by atoms with van der Waals surface area (Å²) in [6.07, 6.45) is 1.73. The molecule has 0 saturated carbocycles. The molecule has 0 radical (unpaired) electrons. The minimum atomic E-state index is 0.402. The number of nitrogens with two attached hydrogens (primary N) is 1. The van der Waals surface area contributed by atoms with Gasteiger partial charge < -0.3 is 5.32 Å². The van der Waals surface area contributed by atoms with Gasteiger partial charge in [-0.2, -0.15) is 4.98 Å². The Morgan fingerprint density at radius 2 is 2.00 bits per heavy atom. The summed E-state index contributed by atoms with van der Waals surface area (Å²) in [4.78, 5) is 8.29. The topological polar surface area (TPSA) is 75.9 Å². The largest absolute Gasteiger partial charge is 0.366 e. The molecule has 5 nitrogen and oxygen atoms in total. The number of hydrazine groups is 1. The Bertz CT molecular complexity index is 526. The average Bonchev–Trinajstić information content (AvgIpc) is 2.40. The Morgan fingerprint density at radius 1 is 1.28 bits per heavy atom. The van der Waals surface area contributed by atoms with Crippen LogP contribution in [0.3, 0.4) is 0 Å². The van der Waals surface area contributed by atoms with Crippen molar-refractivity contribution in [2.45, 2.75) is 13.5 Å². The van der Waals surface area contributed by atoms with Crippen LogP contribution in [0.15, 0.2) is 34.9 Å². The molecule has 0 aliphatic rings. The maximum absolute atomic E-state index is 5.28. The molecule has 0 amide bonds. The second-order valence-electron chi connectivity index (χ2n) is 3.85. The molecular formula is C12H14BrN5. The molecule has 0 bridgehead atoms. The number of hydrogen-bond donors (Lipinski definition) is 3. The van der Waals surface area contributed by atoms with Crippen molar-refractivity contribution >= 4 is 27.7 Å². The van der Waals surface area contributed by atoms with Crippen molar-refractivity contribution in [1.82, 2.24) is 9.97 Å². The fourth-order valence-electron chi connectivity index (χ4n) is 1.48. The average molecular weight is 308 g/mol. The Kier molecular flexibility index (Phi) is 4.11. The summed E-state index contributed by atoms with van der Waals surface area (Å²) in [5.41, 5.74) is 4.59. The van der Waals surface area contributed by atoms with Crippen molar-refractivity contribution in [3.05, 3.63) is 46.1 Å². The minimum Gasteiger partial charge on any atom is -0.366 e. The van der Waals surface area contributed by atoms with E-state index >= 15 is 0 Å². The van der Waals surface area contributed by atoms with E-state index in [0.717, 1.165) is 15.9 Å². The number of halogens is 1. The lowest BCUT2D eigenvalue weighted by Gasteiger charge is -2.09. The van der Waals surface area contributed by atoms with Crippen LogP contribution in [-0.2, 0) is 6.54 Å². The van der Waals surface area contributed by atoms with Gasteiger partial charge in [0.05, 0.1) is 0 Å². The molecule has 2 rings (SSSR count). The number of nitrogens with zero attached hydrogens (tertiary/aromatic N) is 2. The smallest absolute Gasteiger partial charge is 0.239 e. The second-order valence-corrected chi connectivity index (χ2v) is 4.77. The van der Waals surface area contributed by atoms with Gasteiger partial charge in [-0.25, -0.2) is 10.8 Å². The third-order valence-electron chi connectivity index (χ3n) is 2.47. The molecule has 2 aromatic rings. The van der Waals surface area contributed by atoms with Crippen LogP contribution in [0.5, 0.6) is 0 Å². The quantitative estimate of drug-likeness (QED) is 0.597. The van der Waals surface area contributed by atoms with Gasteiger partial charge in [0.15, 0.2) is 0 Å². The van der Waals surface area contributed by atoms with Crippen molar-refractivity contribution in [2.24, 2.45) is 5.84 Å². The summed E-state index contributed by atoms with van der Waals surface area (Å²) in [5.74, 6) is 6.47. The first kappa shape index (κ1) is 12.8. The summed E-state index contributed by atoms with van der Waals surface area (Å²) >= 11 is 3.41. The van der Waals surface area contributed by atoms with E-state index in [2.05, 4.69) is 48.8 Å². The van der Waals surface area contributed by atoms with Crippen molar-refractivity contribution in [1.29, 1.82) is 0 Å². The van der Waals surface area contributed by atoms with Crippen molar-refractivity contribution in [3.8, 4) is 0 Å². The van der Waals surface area contributed by atoms with Crippen LogP contribution in [0.2, 0.25) is 0 Å². The van der Waals surface area contributed by atoms with Gasteiger partial charge in [0.2, 0.25) is 5.95 Å². The highest BCUT2D eigenvalue weighted by Crippen LogP contribution is 2.15. The number of anilines is 2. The zero-order valence-electron chi connectivity index (χ0n) is 9.94. The first-order chi connectivity index (χ1) is 8.69. The lowest BCUT2D eigenvalue weighted by Crippen LogP contribution is -2.12. The molecule has 94 valence electrons. The lowest BCUT2D eigenvalue weighted by molar-refractivity contribution is 1.05. The first-order valence-electron chi connectivity index (χ1n) is 5.47. The SMILES string of the molecule is Cc1cnc(NN)nc1NCc1ccc(Br)cc1. The second kappa shape index (κ2) is 5.79. The number of benzene rings is 1. The molecule has 0 unspecified atom stereocenters. The van der Waals surface area contributed by atoms with E-state index in [-0.39, 0.29) is 0 Å². The fraction of sp³-hybridized carbons (Fsp3) is 0.167. The van der Waals surface area contributed by atoms with Crippen LogP contribution in [0.1, 0.15) is 11.1 Å². The van der Waals surface area contributed by atoms with Gasteiger partial charge in [-0.15, -0.1) is 0 Å². The van der Waals surface area contributed by atoms with Gasteiger partial charge in [-0.3, -0.25) is 5.43 Å². The predicted octanol–water partition coefficient (Wildman–Crippen LogP) is 2.45. The summed E-state index contributed by atoms with van der Waals surface area (Å²) in [7, 11) is 0. The maximum atomic E-state index is 5.28. The maximum Gasteiger partial charge on any atom is 0.239 e. The van der Waals surface area contributed by atoms with E-state index < -0.39 is 0 Å². The predicted molar refractivity (Wildman–Crippen MR) is 76.0 cm³/mol. The van der Waals surface area contributed by atoms with E-state index in [4.69, 9.17) is 5.84 Å². The summed E-state index contributed by atoms with van der Waals surface area (Å²) < 4.78 is 1.07. The summed E-state index contributed by atoms with van der Waals surface area (Å²) in [5, 5.41) is 3.26. The molecular weight excluding hydrogens is 294 g/mol. The van der Waals surface area contributed by atoms with Gasteiger partial charge in [-0.1, -0.05) is 28.1 Å². The van der Waals surface area contributed by atoms with Gasteiger partial charge in [0, 0.05) is 22.8 Å². The molecule has 1 heterocycles. The zero-order chi connectivity index (χ0) is 13.0. The molecule has 0 fully saturated rings. The number of aromatic nitrogens is 2. The lowest BCUT2D eigenvalue weighted by atomic mass is 10.2. The molecule has 4 N–H and O–H groups in total. The van der Waals surface area contributed by atoms with Crippen LogP contribution >= 0.6 is 15.9 Å². The van der Waals surface area contributed by atoms with E-state index in [0.29, 0.717) is 12.5 Å². The summed E-state index contributed by atoms with van der Waals surface area (Å²) in [6, 6.07) is 8.12. The third-order valence-corrected chi connectivity index (χ3v) is 3.00. The zero-order valence-corrected chi connectivity index (χ0v) is 11.5. The number of rotatable bonds is 4. The van der Waals surface area contributed by atoms with Crippen LogP contribution in [-0.4, -0.2) is 9.97 Å². The van der Waals surface area contributed by atoms with Crippen LogP contribution < -0.4 is 16.6 Å². The number of aryl methyl sites for hydroxylation is 1. The highest BCUT2D eigenvalue weighted by atomic mass is 79.9. The van der Waals surface area contributed by atoms with E-state index in [1.165, 1.54) is 5.56 Å². The van der Waals surface area contributed by atoms with E-state index in [9.17, 15) is 0 Å². The Hall–Kier alpha value is -1.66. The van der Waals surface area contributed by atoms with Crippen molar-refractivity contribution < 1.29 is 0 Å². The first-order valence-corrected chi connectivity index (χ1v) is 6.27. The standard InChI is InChI=1S/C12H14BrN5/c1-8-6-16-12(18-14)17-11(8)15-7-9-2-4-10(13)5-3-9/h2-6H,7,14H2,1H3,(H2,15,16,17,18). The molecule has 0 aliphatic heterocycles. The number of hydrogen-bond acceptors (Lipinski definition) is 5. The van der Waals surface area contributed by atoms with Crippen molar-refractivity contribution in [2.75, 3.05) is 10.7 Å². The highest BCUT2D eigenvalue weighted by molar-refractivity contribution is 9.10. The highest BCUT2D eigenvalue weighted by Gasteiger charge is 2.02. The molecule has 6 heteroatoms. The van der Waals surface area contributed by atoms with Crippen LogP contribution in [0.25, 0.3) is 0 Å². The summed E-state index contributed by atoms with van der Waals surface area (Å²) in [6.45, 7) is 2.65. The van der Waals surface area contributed by atoms with Gasteiger partial charge in [-0.05, 0) is 24.6 Å². The normalized spacial score (nSPS) is 10.2. The van der Waals surface area contributed by atoms with E-state index in [1.54, 1.807) is 6.20 Å². The van der Waals surface area contributed by atoms with Crippen molar-refractivity contribution in [3.63, 3.8) is 0 Å². The third kappa shape index (κ3) is 3.18. The molecule has 0 saturated heterocycles. The molecule has 1 aromatic heterocycles. The Balaban J connectivity index is 2.07. The van der Waals surface area contributed by atoms with Gasteiger partial charge in [0.1, 0.15) is 5.82 Å². The van der Waals surface area contributed by atoms with Gasteiger partial charge >= 0.3 is 0 Å². The minimum absolute atomic E-state index is 0.402. The number of nitrogen functional groups attached to an aromatic ring is 1. The molecule has 1 aromatic carbocycles. The fourth-order valence-corrected chi connectivity index (χ4v) is 1.74. The molecule has 0 aliphatic carbocycles. The van der Waals surface area contributed by atoms with Crippen LogP contribution in [0, 0.1) is 6.92 Å². The molecule has 0 spiro atoms. The van der Waals surface area contributed by atoms with Gasteiger partial charge in [0.25, 0.3) is 0 Å². The monoisotopic (exact) mass is 307 g/mol. The molecule has 0 atom stereocenters. The number of nitrogens with one attached hydrogen (secondary N) is 2. The van der Waals surface area contributed by atoms with E-state index in [1.807, 2.05) is 19.1 Å². The molecule has 18 heavy (non-hydrogen) atoms. The Morgan fingerprint density at radius 3 is 2.67 bits per heavy atom.